The van der Waals surface area contributed by atoms with Gasteiger partial charge in [-0.15, -0.1) is 0 Å². The molecular weight excluding hydrogens is 363 g/mol. The highest BCUT2D eigenvalue weighted by Crippen LogP contribution is 2.33. The van der Waals surface area contributed by atoms with Gasteiger partial charge in [0.25, 0.3) is 10.0 Å². The Bertz CT molecular complexity index is 1100. The summed E-state index contributed by atoms with van der Waals surface area (Å²) in [6, 6.07) is 16.7. The van der Waals surface area contributed by atoms with E-state index in [1.165, 1.54) is 16.4 Å². The van der Waals surface area contributed by atoms with Crippen LogP contribution in [-0.4, -0.2) is 19.9 Å². The van der Waals surface area contributed by atoms with Gasteiger partial charge in [0.05, 0.1) is 22.0 Å². The molecule has 0 saturated carbocycles. The number of aromatic nitrogens is 1. The number of sulfonamides is 1. The van der Waals surface area contributed by atoms with E-state index in [1.54, 1.807) is 49.4 Å². The molecule has 6 heteroatoms. The Kier molecular flexibility index (Phi) is 4.44. The van der Waals surface area contributed by atoms with Gasteiger partial charge < -0.3 is 0 Å². The zero-order valence-electron chi connectivity index (χ0n) is 14.9. The first-order valence-corrected chi connectivity index (χ1v) is 10.2. The number of aryl methyl sites for hydroxylation is 2. The standard InChI is InChI=1S/C21H19FN2O2S/c1-15-5-2-3-7-21(15)27(25,26)24-14-4-6-19-20(24)13-12-18(23-19)16-8-10-17(22)11-9-16/h2-3,5,7-13H,4,6,14H2,1H3. The van der Waals surface area contributed by atoms with Crippen molar-refractivity contribution in [2.45, 2.75) is 24.7 Å². The van der Waals surface area contributed by atoms with E-state index >= 15 is 0 Å². The minimum atomic E-state index is -3.65. The third kappa shape index (κ3) is 3.21. The summed E-state index contributed by atoms with van der Waals surface area (Å²) >= 11 is 0. The van der Waals surface area contributed by atoms with Crippen LogP contribution in [0.5, 0.6) is 0 Å². The number of hydrogen-bond donors (Lipinski definition) is 0. The normalized spacial score (nSPS) is 14.1. The maximum absolute atomic E-state index is 13.2. The number of rotatable bonds is 3. The molecule has 0 unspecified atom stereocenters. The molecular formula is C21H19FN2O2S. The number of anilines is 1. The summed E-state index contributed by atoms with van der Waals surface area (Å²) in [6.07, 6.45) is 1.42. The fourth-order valence-electron chi connectivity index (χ4n) is 3.41. The predicted molar refractivity (Wildman–Crippen MR) is 104 cm³/mol. The highest BCUT2D eigenvalue weighted by molar-refractivity contribution is 7.92. The van der Waals surface area contributed by atoms with Crippen molar-refractivity contribution in [2.24, 2.45) is 0 Å². The van der Waals surface area contributed by atoms with Crippen LogP contribution in [0.3, 0.4) is 0 Å². The van der Waals surface area contributed by atoms with Gasteiger partial charge in [-0.1, -0.05) is 18.2 Å². The molecule has 0 radical (unpaired) electrons. The summed E-state index contributed by atoms with van der Waals surface area (Å²) in [7, 11) is -3.65. The lowest BCUT2D eigenvalue weighted by Crippen LogP contribution is -2.36. The fraction of sp³-hybridized carbons (Fsp3) is 0.190. The molecule has 1 aliphatic rings. The summed E-state index contributed by atoms with van der Waals surface area (Å²) in [4.78, 5) is 4.98. The molecule has 4 rings (SSSR count). The van der Waals surface area contributed by atoms with Gasteiger partial charge in [-0.3, -0.25) is 9.29 Å². The molecule has 0 amide bonds. The van der Waals surface area contributed by atoms with Crippen molar-refractivity contribution in [1.29, 1.82) is 0 Å². The average molecular weight is 382 g/mol. The molecule has 0 fully saturated rings. The monoisotopic (exact) mass is 382 g/mol. The Labute approximate surface area is 158 Å². The van der Waals surface area contributed by atoms with E-state index in [2.05, 4.69) is 4.98 Å². The van der Waals surface area contributed by atoms with Crippen molar-refractivity contribution < 1.29 is 12.8 Å². The molecule has 3 aromatic rings. The molecule has 1 aliphatic heterocycles. The van der Waals surface area contributed by atoms with Crippen molar-refractivity contribution in [3.63, 3.8) is 0 Å². The van der Waals surface area contributed by atoms with E-state index in [0.717, 1.165) is 16.8 Å². The van der Waals surface area contributed by atoms with Gasteiger partial charge in [-0.05, 0) is 67.8 Å². The molecule has 0 spiro atoms. The van der Waals surface area contributed by atoms with Crippen LogP contribution < -0.4 is 4.31 Å². The van der Waals surface area contributed by atoms with Crippen LogP contribution in [0.1, 0.15) is 17.7 Å². The summed E-state index contributed by atoms with van der Waals surface area (Å²) in [5.74, 6) is -0.299. The molecule has 0 saturated heterocycles. The van der Waals surface area contributed by atoms with Crippen LogP contribution in [0.4, 0.5) is 10.1 Å². The van der Waals surface area contributed by atoms with E-state index in [1.807, 2.05) is 6.07 Å². The Morgan fingerprint density at radius 1 is 1.00 bits per heavy atom. The van der Waals surface area contributed by atoms with E-state index in [-0.39, 0.29) is 5.82 Å². The Hall–Kier alpha value is -2.73. The van der Waals surface area contributed by atoms with Crippen molar-refractivity contribution >= 4 is 15.7 Å². The first-order chi connectivity index (χ1) is 13.0. The Morgan fingerprint density at radius 2 is 1.74 bits per heavy atom. The van der Waals surface area contributed by atoms with Gasteiger partial charge >= 0.3 is 0 Å². The first-order valence-electron chi connectivity index (χ1n) is 8.81. The van der Waals surface area contributed by atoms with E-state index < -0.39 is 10.0 Å². The van der Waals surface area contributed by atoms with Gasteiger partial charge in [-0.2, -0.15) is 0 Å². The van der Waals surface area contributed by atoms with Crippen LogP contribution in [0, 0.1) is 12.7 Å². The average Bonchev–Trinajstić information content (AvgIpc) is 2.68. The lowest BCUT2D eigenvalue weighted by Gasteiger charge is -2.30. The maximum atomic E-state index is 13.2. The molecule has 0 atom stereocenters. The lowest BCUT2D eigenvalue weighted by atomic mass is 10.1. The Balaban J connectivity index is 1.76. The quantitative estimate of drug-likeness (QED) is 0.677. The zero-order chi connectivity index (χ0) is 19.0. The predicted octanol–water partition coefficient (Wildman–Crippen LogP) is 4.34. The number of nitrogens with zero attached hydrogens (tertiary/aromatic N) is 2. The highest BCUT2D eigenvalue weighted by Gasteiger charge is 2.30. The van der Waals surface area contributed by atoms with Crippen molar-refractivity contribution in [3.05, 3.63) is 77.7 Å². The molecule has 0 N–H and O–H groups in total. The minimum Gasteiger partial charge on any atom is -0.264 e. The van der Waals surface area contributed by atoms with Crippen molar-refractivity contribution in [3.8, 4) is 11.3 Å². The third-order valence-corrected chi connectivity index (χ3v) is 6.77. The minimum absolute atomic E-state index is 0.299. The molecule has 27 heavy (non-hydrogen) atoms. The molecule has 4 nitrogen and oxygen atoms in total. The number of hydrogen-bond acceptors (Lipinski definition) is 3. The topological polar surface area (TPSA) is 50.3 Å². The molecule has 2 aromatic carbocycles. The van der Waals surface area contributed by atoms with Crippen LogP contribution >= 0.6 is 0 Å². The van der Waals surface area contributed by atoms with E-state index in [9.17, 15) is 12.8 Å². The highest BCUT2D eigenvalue weighted by atomic mass is 32.2. The van der Waals surface area contributed by atoms with Gasteiger partial charge in [0.2, 0.25) is 0 Å². The number of pyridine rings is 1. The molecule has 0 bridgehead atoms. The van der Waals surface area contributed by atoms with Gasteiger partial charge in [0, 0.05) is 12.1 Å². The second-order valence-electron chi connectivity index (χ2n) is 6.62. The number of halogens is 1. The first kappa shape index (κ1) is 17.7. The van der Waals surface area contributed by atoms with Crippen LogP contribution in [0.25, 0.3) is 11.3 Å². The lowest BCUT2D eigenvalue weighted by molar-refractivity contribution is 0.585. The van der Waals surface area contributed by atoms with Crippen LogP contribution in [0.2, 0.25) is 0 Å². The summed E-state index contributed by atoms with van der Waals surface area (Å²) < 4.78 is 41.1. The fourth-order valence-corrected chi connectivity index (χ4v) is 5.17. The second kappa shape index (κ2) is 6.78. The van der Waals surface area contributed by atoms with Crippen molar-refractivity contribution in [2.75, 3.05) is 10.8 Å². The number of fused-ring (bicyclic) bond motifs is 1. The molecule has 0 aliphatic carbocycles. The maximum Gasteiger partial charge on any atom is 0.264 e. The summed E-state index contributed by atoms with van der Waals surface area (Å²) in [5.41, 5.74) is 3.61. The van der Waals surface area contributed by atoms with E-state index in [0.29, 0.717) is 35.7 Å². The smallest absolute Gasteiger partial charge is 0.264 e. The van der Waals surface area contributed by atoms with Gasteiger partial charge in [0.1, 0.15) is 5.82 Å². The third-order valence-electron chi connectivity index (χ3n) is 4.80. The van der Waals surface area contributed by atoms with Gasteiger partial charge in [0.15, 0.2) is 0 Å². The molecule has 1 aromatic heterocycles. The second-order valence-corrected chi connectivity index (χ2v) is 8.45. The van der Waals surface area contributed by atoms with Crippen LogP contribution in [0.15, 0.2) is 65.6 Å². The number of benzene rings is 2. The van der Waals surface area contributed by atoms with Gasteiger partial charge in [-0.25, -0.2) is 12.8 Å². The summed E-state index contributed by atoms with van der Waals surface area (Å²) in [5, 5.41) is 0. The van der Waals surface area contributed by atoms with Crippen molar-refractivity contribution in [1.82, 2.24) is 4.98 Å². The van der Waals surface area contributed by atoms with E-state index in [4.69, 9.17) is 0 Å². The molecule has 138 valence electrons. The van der Waals surface area contributed by atoms with Crippen LogP contribution in [-0.2, 0) is 16.4 Å². The largest absolute Gasteiger partial charge is 0.264 e. The summed E-state index contributed by atoms with van der Waals surface area (Å²) in [6.45, 7) is 2.23. The SMILES string of the molecule is Cc1ccccc1S(=O)(=O)N1CCCc2nc(-c3ccc(F)cc3)ccc21. The molecule has 2 heterocycles. The Morgan fingerprint density at radius 3 is 2.48 bits per heavy atom. The zero-order valence-corrected chi connectivity index (χ0v) is 15.7.